The topological polar surface area (TPSA) is 106 Å². The van der Waals surface area contributed by atoms with Gasteiger partial charge in [-0.05, 0) is 48.5 Å². The van der Waals surface area contributed by atoms with Gasteiger partial charge in [0.25, 0.3) is 5.56 Å². The van der Waals surface area contributed by atoms with Crippen molar-refractivity contribution in [1.29, 1.82) is 0 Å². The minimum Gasteiger partial charge on any atom is -0.494 e. The first-order valence-electron chi connectivity index (χ1n) is 9.19. The molecule has 3 aromatic rings. The number of rotatable bonds is 5. The van der Waals surface area contributed by atoms with Crippen LogP contribution in [-0.2, 0) is 18.9 Å². The van der Waals surface area contributed by atoms with Crippen LogP contribution in [0.25, 0.3) is 0 Å². The minimum atomic E-state index is -0.759. The quantitative estimate of drug-likeness (QED) is 0.435. The van der Waals surface area contributed by atoms with Gasteiger partial charge in [0, 0.05) is 24.8 Å². The van der Waals surface area contributed by atoms with Crippen molar-refractivity contribution < 1.29 is 14.3 Å². The number of nitrogens with one attached hydrogen (secondary N) is 1. The van der Waals surface area contributed by atoms with E-state index >= 15 is 0 Å². The number of carbonyl (C=O) groups excluding carboxylic acids is 1. The summed E-state index contributed by atoms with van der Waals surface area (Å²) >= 11 is 6.80. The van der Waals surface area contributed by atoms with Crippen LogP contribution in [0.4, 0.5) is 15.8 Å². The number of anilines is 1. The highest BCUT2D eigenvalue weighted by atomic mass is 35.5. The number of halogens is 2. The fourth-order valence-corrected chi connectivity index (χ4v) is 3.64. The minimum absolute atomic E-state index is 0.0373. The van der Waals surface area contributed by atoms with Gasteiger partial charge in [0.15, 0.2) is 0 Å². The van der Waals surface area contributed by atoms with Crippen molar-refractivity contribution in [3.05, 3.63) is 85.8 Å². The third kappa shape index (κ3) is 5.27. The number of aromatic hydroxyl groups is 1. The maximum Gasteiger partial charge on any atom is 0.333 e. The zero-order valence-electron chi connectivity index (χ0n) is 17.0. The zero-order chi connectivity index (χ0) is 23.4. The number of carbonyl (C=O) groups is 1. The van der Waals surface area contributed by atoms with Gasteiger partial charge in [-0.15, -0.1) is 0 Å². The molecule has 1 aromatic heterocycles. The van der Waals surface area contributed by atoms with E-state index in [4.69, 9.17) is 11.6 Å². The van der Waals surface area contributed by atoms with Crippen LogP contribution in [0.2, 0.25) is 5.02 Å². The first kappa shape index (κ1) is 23.3. The Labute approximate surface area is 191 Å². The van der Waals surface area contributed by atoms with Crippen molar-refractivity contribution in [2.75, 3.05) is 11.1 Å². The number of amides is 1. The van der Waals surface area contributed by atoms with E-state index in [1.54, 1.807) is 24.3 Å². The average molecular weight is 477 g/mol. The predicted octanol–water partition coefficient (Wildman–Crippen LogP) is 3.03. The molecule has 0 spiro atoms. The zero-order valence-corrected chi connectivity index (χ0v) is 18.6. The molecule has 3 rings (SSSR count). The Morgan fingerprint density at radius 2 is 1.72 bits per heavy atom. The molecule has 1 amide bonds. The van der Waals surface area contributed by atoms with E-state index in [0.29, 0.717) is 16.4 Å². The molecule has 0 aliphatic heterocycles. The summed E-state index contributed by atoms with van der Waals surface area (Å²) in [6, 6.07) is 11.6. The van der Waals surface area contributed by atoms with Crippen LogP contribution in [0.15, 0.2) is 63.1 Å². The number of hydrogen-bond donors (Lipinski definition) is 2. The molecule has 2 aromatic carbocycles. The Kier molecular flexibility index (Phi) is 7.16. The number of nitrogens with zero attached hydrogens (tertiary/aromatic N) is 3. The van der Waals surface area contributed by atoms with E-state index in [1.165, 1.54) is 38.4 Å². The highest BCUT2D eigenvalue weighted by Crippen LogP contribution is 2.24. The van der Waals surface area contributed by atoms with Gasteiger partial charge in [-0.1, -0.05) is 23.4 Å². The van der Waals surface area contributed by atoms with E-state index in [-0.39, 0.29) is 16.4 Å². The Hall–Kier alpha value is -3.37. The molecule has 1 heterocycles. The van der Waals surface area contributed by atoms with Gasteiger partial charge in [-0.3, -0.25) is 18.7 Å². The maximum atomic E-state index is 13.0. The Balaban J connectivity index is 1.96. The van der Waals surface area contributed by atoms with Gasteiger partial charge in [0.05, 0.1) is 11.4 Å². The molecule has 0 saturated heterocycles. The first-order chi connectivity index (χ1) is 15.2. The van der Waals surface area contributed by atoms with E-state index < -0.39 is 28.9 Å². The fraction of sp³-hybridized carbons (Fsp3) is 0.143. The van der Waals surface area contributed by atoms with Crippen molar-refractivity contribution >= 4 is 45.7 Å². The standard InChI is InChI=1S/C21H18ClFN4O4S/c1-26-19(29)17(20(30)27(2)21(26)31)18(25-15-7-3-12(22)4-8-15)32-11-16(28)24-14-9-5-13(23)6-10-14/h3-10,29H,11H2,1-2H3,(H,24,28). The molecule has 0 aliphatic rings. The highest BCUT2D eigenvalue weighted by Gasteiger charge is 2.22. The molecular formula is C21H18ClFN4O4S. The smallest absolute Gasteiger partial charge is 0.333 e. The largest absolute Gasteiger partial charge is 0.494 e. The summed E-state index contributed by atoms with van der Waals surface area (Å²) in [4.78, 5) is 41.6. The SMILES string of the molecule is Cn1c(O)c(C(=Nc2ccc(Cl)cc2)SCC(=O)Nc2ccc(F)cc2)c(=O)n(C)c1=O. The number of hydrogen-bond acceptors (Lipinski definition) is 6. The molecule has 0 radical (unpaired) electrons. The molecule has 0 saturated carbocycles. The lowest BCUT2D eigenvalue weighted by molar-refractivity contribution is -0.113. The number of benzene rings is 2. The van der Waals surface area contributed by atoms with Crippen LogP contribution in [0, 0.1) is 5.82 Å². The van der Waals surface area contributed by atoms with E-state index in [1.807, 2.05) is 0 Å². The molecule has 0 unspecified atom stereocenters. The van der Waals surface area contributed by atoms with Gasteiger partial charge < -0.3 is 10.4 Å². The molecule has 0 bridgehead atoms. The van der Waals surface area contributed by atoms with Crippen LogP contribution in [0.1, 0.15) is 5.56 Å². The van der Waals surface area contributed by atoms with E-state index in [0.717, 1.165) is 20.9 Å². The summed E-state index contributed by atoms with van der Waals surface area (Å²) in [6.07, 6.45) is 0. The second kappa shape index (κ2) is 9.84. The number of aliphatic imine (C=N–C) groups is 1. The van der Waals surface area contributed by atoms with Gasteiger partial charge in [-0.2, -0.15) is 0 Å². The van der Waals surface area contributed by atoms with Gasteiger partial charge in [0.1, 0.15) is 16.4 Å². The first-order valence-corrected chi connectivity index (χ1v) is 10.6. The normalized spacial score (nSPS) is 11.4. The molecule has 166 valence electrons. The second-order valence-electron chi connectivity index (χ2n) is 6.64. The van der Waals surface area contributed by atoms with Crippen molar-refractivity contribution in [2.45, 2.75) is 0 Å². The number of thioether (sulfide) groups is 1. The van der Waals surface area contributed by atoms with E-state index in [2.05, 4.69) is 10.3 Å². The average Bonchev–Trinajstić information content (AvgIpc) is 2.77. The van der Waals surface area contributed by atoms with Gasteiger partial charge in [0.2, 0.25) is 11.8 Å². The van der Waals surface area contributed by atoms with Crippen LogP contribution in [-0.4, -0.2) is 30.9 Å². The molecule has 0 atom stereocenters. The number of aromatic nitrogens is 2. The maximum absolute atomic E-state index is 13.0. The lowest BCUT2D eigenvalue weighted by atomic mass is 10.3. The van der Waals surface area contributed by atoms with Crippen LogP contribution in [0.5, 0.6) is 5.88 Å². The van der Waals surface area contributed by atoms with Gasteiger partial charge >= 0.3 is 5.69 Å². The summed E-state index contributed by atoms with van der Waals surface area (Å²) in [5, 5.41) is 13.6. The molecule has 11 heteroatoms. The van der Waals surface area contributed by atoms with Crippen molar-refractivity contribution in [2.24, 2.45) is 19.1 Å². The Morgan fingerprint density at radius 1 is 1.09 bits per heavy atom. The van der Waals surface area contributed by atoms with Gasteiger partial charge in [-0.25, -0.2) is 14.2 Å². The summed E-state index contributed by atoms with van der Waals surface area (Å²) in [6.45, 7) is 0. The Bertz CT molecular complexity index is 1300. The highest BCUT2D eigenvalue weighted by molar-refractivity contribution is 8.15. The third-order valence-corrected chi connectivity index (χ3v) is 5.60. The lowest BCUT2D eigenvalue weighted by Crippen LogP contribution is -2.39. The third-order valence-electron chi connectivity index (χ3n) is 4.37. The molecule has 0 aliphatic carbocycles. The second-order valence-corrected chi connectivity index (χ2v) is 8.04. The fourth-order valence-electron chi connectivity index (χ4n) is 2.68. The Morgan fingerprint density at radius 3 is 2.34 bits per heavy atom. The van der Waals surface area contributed by atoms with Crippen molar-refractivity contribution in [3.8, 4) is 5.88 Å². The molecule has 32 heavy (non-hydrogen) atoms. The lowest BCUT2D eigenvalue weighted by Gasteiger charge is -2.12. The monoisotopic (exact) mass is 476 g/mol. The summed E-state index contributed by atoms with van der Waals surface area (Å²) in [5.41, 5.74) is -0.866. The summed E-state index contributed by atoms with van der Waals surface area (Å²) in [7, 11) is 2.59. The summed E-state index contributed by atoms with van der Waals surface area (Å²) < 4.78 is 14.8. The molecular weight excluding hydrogens is 459 g/mol. The predicted molar refractivity (Wildman–Crippen MR) is 124 cm³/mol. The van der Waals surface area contributed by atoms with Crippen LogP contribution in [0.3, 0.4) is 0 Å². The van der Waals surface area contributed by atoms with Crippen LogP contribution >= 0.6 is 23.4 Å². The van der Waals surface area contributed by atoms with Crippen molar-refractivity contribution in [1.82, 2.24) is 9.13 Å². The van der Waals surface area contributed by atoms with E-state index in [9.17, 15) is 23.9 Å². The van der Waals surface area contributed by atoms with Crippen LogP contribution < -0.4 is 16.6 Å². The molecule has 0 fully saturated rings. The summed E-state index contributed by atoms with van der Waals surface area (Å²) in [5.74, 6) is -1.62. The molecule has 2 N–H and O–H groups in total. The van der Waals surface area contributed by atoms with Crippen molar-refractivity contribution in [3.63, 3.8) is 0 Å². The molecule has 8 nitrogen and oxygen atoms in total.